The van der Waals surface area contributed by atoms with Crippen LogP contribution in [-0.2, 0) is 9.53 Å². The number of nitrogens with two attached hydrogens (primary N) is 1. The monoisotopic (exact) mass is 361 g/mol. The Labute approximate surface area is 156 Å². The highest BCUT2D eigenvalue weighted by Crippen LogP contribution is 2.23. The molecule has 26 heavy (non-hydrogen) atoms. The molecule has 0 aliphatic carbocycles. The summed E-state index contributed by atoms with van der Waals surface area (Å²) in [4.78, 5) is 28.8. The van der Waals surface area contributed by atoms with Crippen molar-refractivity contribution < 1.29 is 14.3 Å². The highest BCUT2D eigenvalue weighted by Gasteiger charge is 2.27. The largest absolute Gasteiger partial charge is 0.444 e. The van der Waals surface area contributed by atoms with Crippen molar-refractivity contribution in [3.8, 4) is 0 Å². The van der Waals surface area contributed by atoms with Crippen molar-refractivity contribution in [3.05, 3.63) is 35.9 Å². The Bertz CT molecular complexity index is 633. The van der Waals surface area contributed by atoms with Crippen molar-refractivity contribution in [1.82, 2.24) is 5.32 Å². The van der Waals surface area contributed by atoms with Crippen LogP contribution >= 0.6 is 0 Å². The van der Waals surface area contributed by atoms with Gasteiger partial charge in [-0.05, 0) is 53.5 Å². The fourth-order valence-corrected chi connectivity index (χ4v) is 2.55. The van der Waals surface area contributed by atoms with Gasteiger partial charge >= 0.3 is 6.09 Å². The van der Waals surface area contributed by atoms with Gasteiger partial charge in [0.05, 0.1) is 6.04 Å². The lowest BCUT2D eigenvalue weighted by Crippen LogP contribution is -2.48. The number of hydrogen-bond acceptors (Lipinski definition) is 4. The van der Waals surface area contributed by atoms with Crippen LogP contribution in [0.25, 0.3) is 0 Å². The Balaban J connectivity index is 3.07. The number of hydrogen-bond donors (Lipinski definition) is 2. The lowest BCUT2D eigenvalue weighted by atomic mass is 9.88. The van der Waals surface area contributed by atoms with Gasteiger partial charge in [0.1, 0.15) is 17.2 Å². The molecule has 1 amide bonds. The molecule has 0 aliphatic rings. The van der Waals surface area contributed by atoms with Crippen LogP contribution in [0.15, 0.2) is 35.3 Å². The number of aliphatic imine (C=N–C) groups is 1. The summed E-state index contributed by atoms with van der Waals surface area (Å²) >= 11 is 0. The summed E-state index contributed by atoms with van der Waals surface area (Å²) in [5.41, 5.74) is 6.38. The average molecular weight is 361 g/mol. The number of ether oxygens (including phenoxy) is 1. The molecular weight excluding hydrogens is 330 g/mol. The molecule has 0 fully saturated rings. The lowest BCUT2D eigenvalue weighted by Gasteiger charge is -2.26. The van der Waals surface area contributed by atoms with Gasteiger partial charge in [0, 0.05) is 12.0 Å². The maximum atomic E-state index is 12.2. The molecule has 0 spiro atoms. The third-order valence-electron chi connectivity index (χ3n) is 3.62. The summed E-state index contributed by atoms with van der Waals surface area (Å²) in [6.45, 7) is 10.7. The van der Waals surface area contributed by atoms with Crippen molar-refractivity contribution in [2.45, 2.75) is 71.6 Å². The quantitative estimate of drug-likeness (QED) is 0.575. The topological polar surface area (TPSA) is 93.8 Å². The van der Waals surface area contributed by atoms with E-state index in [-0.39, 0.29) is 17.7 Å². The van der Waals surface area contributed by atoms with E-state index in [1.807, 2.05) is 44.2 Å². The Morgan fingerprint density at radius 2 is 1.77 bits per heavy atom. The molecule has 2 unspecified atom stereocenters. The number of carbonyl (C=O) groups excluding carboxylic acids is 2. The Morgan fingerprint density at radius 3 is 2.23 bits per heavy atom. The summed E-state index contributed by atoms with van der Waals surface area (Å²) in [6.07, 6.45) is -0.263. The number of amidine groups is 1. The van der Waals surface area contributed by atoms with Crippen molar-refractivity contribution in [2.24, 2.45) is 10.7 Å². The number of nitrogens with zero attached hydrogens (tertiary/aromatic N) is 1. The second kappa shape index (κ2) is 9.36. The molecule has 2 atom stereocenters. The first kappa shape index (κ1) is 21.7. The predicted molar refractivity (Wildman–Crippen MR) is 104 cm³/mol. The van der Waals surface area contributed by atoms with Crippen LogP contribution in [0, 0.1) is 0 Å². The van der Waals surface area contributed by atoms with Crippen LogP contribution in [0.2, 0.25) is 0 Å². The summed E-state index contributed by atoms with van der Waals surface area (Å²) in [6, 6.07) is 8.83. The molecule has 0 saturated carbocycles. The average Bonchev–Trinajstić information content (AvgIpc) is 2.49. The summed E-state index contributed by atoms with van der Waals surface area (Å²) < 4.78 is 5.33. The molecule has 0 saturated heterocycles. The second-order valence-corrected chi connectivity index (χ2v) is 7.66. The molecule has 1 aromatic carbocycles. The van der Waals surface area contributed by atoms with E-state index >= 15 is 0 Å². The minimum Gasteiger partial charge on any atom is -0.444 e. The molecule has 6 heteroatoms. The first-order chi connectivity index (χ1) is 12.0. The van der Waals surface area contributed by atoms with Gasteiger partial charge in [-0.25, -0.2) is 4.79 Å². The number of alkyl carbamates (subject to hydrolysis) is 1. The lowest BCUT2D eigenvalue weighted by molar-refractivity contribution is -0.118. The third kappa shape index (κ3) is 7.68. The number of ketones is 1. The number of carbonyl (C=O) groups is 2. The maximum Gasteiger partial charge on any atom is 0.408 e. The van der Waals surface area contributed by atoms with Crippen LogP contribution in [-0.4, -0.2) is 35.4 Å². The van der Waals surface area contributed by atoms with Crippen LogP contribution in [0.4, 0.5) is 4.79 Å². The van der Waals surface area contributed by atoms with Crippen molar-refractivity contribution in [2.75, 3.05) is 0 Å². The van der Waals surface area contributed by atoms with E-state index in [1.165, 1.54) is 6.92 Å². The molecule has 0 heterocycles. The number of benzene rings is 1. The minimum atomic E-state index is -0.627. The van der Waals surface area contributed by atoms with Crippen molar-refractivity contribution in [1.29, 1.82) is 0 Å². The fourth-order valence-electron chi connectivity index (χ4n) is 2.55. The van der Waals surface area contributed by atoms with Gasteiger partial charge in [-0.2, -0.15) is 0 Å². The normalized spacial score (nSPS) is 14.7. The minimum absolute atomic E-state index is 0.00420. The standard InChI is InChI=1S/C20H31N3O3/c1-13(2)22-18(21)17(23-19(25)26-20(4,5)6)12-16(14(3)24)15-10-8-7-9-11-15/h7-11,13,16-17H,12H2,1-6H3,(H2,21,22)(H,23,25). The van der Waals surface area contributed by atoms with E-state index in [4.69, 9.17) is 10.5 Å². The Kier molecular flexibility index (Phi) is 7.80. The highest BCUT2D eigenvalue weighted by atomic mass is 16.6. The van der Waals surface area contributed by atoms with Crippen LogP contribution < -0.4 is 11.1 Å². The van der Waals surface area contributed by atoms with Gasteiger partial charge in [0.25, 0.3) is 0 Å². The molecule has 0 radical (unpaired) electrons. The molecular formula is C20H31N3O3. The first-order valence-corrected chi connectivity index (χ1v) is 8.87. The molecule has 1 rings (SSSR count). The van der Waals surface area contributed by atoms with Gasteiger partial charge < -0.3 is 15.8 Å². The zero-order valence-corrected chi connectivity index (χ0v) is 16.6. The third-order valence-corrected chi connectivity index (χ3v) is 3.62. The number of rotatable bonds is 7. The van der Waals surface area contributed by atoms with Crippen molar-refractivity contribution in [3.63, 3.8) is 0 Å². The fraction of sp³-hybridized carbons (Fsp3) is 0.550. The second-order valence-electron chi connectivity index (χ2n) is 7.66. The van der Waals surface area contributed by atoms with Crippen molar-refractivity contribution >= 4 is 17.7 Å². The SMILES string of the molecule is CC(=O)C(CC(NC(=O)OC(C)(C)C)C(N)=NC(C)C)c1ccccc1. The smallest absolute Gasteiger partial charge is 0.408 e. The van der Waals surface area contributed by atoms with E-state index < -0.39 is 23.7 Å². The molecule has 3 N–H and O–H groups in total. The first-order valence-electron chi connectivity index (χ1n) is 8.87. The molecule has 1 aromatic rings. The summed E-state index contributed by atoms with van der Waals surface area (Å²) in [7, 11) is 0. The molecule has 0 bridgehead atoms. The van der Waals surface area contributed by atoms with Crippen LogP contribution in [0.1, 0.15) is 59.4 Å². The van der Waals surface area contributed by atoms with Crippen LogP contribution in [0.3, 0.4) is 0 Å². The summed E-state index contributed by atoms with van der Waals surface area (Å²) in [5, 5.41) is 2.76. The molecule has 0 aromatic heterocycles. The number of Topliss-reactive ketones (excluding diaryl/α,β-unsaturated/α-hetero) is 1. The number of amides is 1. The predicted octanol–water partition coefficient (Wildman–Crippen LogP) is 3.41. The van der Waals surface area contributed by atoms with Gasteiger partial charge in [0.15, 0.2) is 0 Å². The van der Waals surface area contributed by atoms with Gasteiger partial charge in [-0.3, -0.25) is 9.79 Å². The molecule has 0 aliphatic heterocycles. The van der Waals surface area contributed by atoms with Crippen LogP contribution in [0.5, 0.6) is 0 Å². The zero-order chi connectivity index (χ0) is 19.9. The van der Waals surface area contributed by atoms with Gasteiger partial charge in [-0.1, -0.05) is 30.3 Å². The highest BCUT2D eigenvalue weighted by molar-refractivity contribution is 5.91. The maximum absolute atomic E-state index is 12.2. The molecule has 144 valence electrons. The zero-order valence-electron chi connectivity index (χ0n) is 16.6. The Morgan fingerprint density at radius 1 is 1.19 bits per heavy atom. The van der Waals surface area contributed by atoms with Gasteiger partial charge in [-0.15, -0.1) is 0 Å². The Hall–Kier alpha value is -2.37. The number of nitrogens with one attached hydrogen (secondary N) is 1. The summed E-state index contributed by atoms with van der Waals surface area (Å²) in [5.74, 6) is -0.102. The van der Waals surface area contributed by atoms with E-state index in [0.717, 1.165) is 5.56 Å². The van der Waals surface area contributed by atoms with E-state index in [0.29, 0.717) is 6.42 Å². The van der Waals surface area contributed by atoms with E-state index in [1.54, 1.807) is 20.8 Å². The van der Waals surface area contributed by atoms with E-state index in [9.17, 15) is 9.59 Å². The van der Waals surface area contributed by atoms with E-state index in [2.05, 4.69) is 10.3 Å². The molecule has 6 nitrogen and oxygen atoms in total. The van der Waals surface area contributed by atoms with Gasteiger partial charge in [0.2, 0.25) is 0 Å².